The number of rotatable bonds is 3. The Morgan fingerprint density at radius 2 is 1.79 bits per heavy atom. The van der Waals surface area contributed by atoms with Crippen LogP contribution in [0.25, 0.3) is 0 Å². The highest BCUT2D eigenvalue weighted by Crippen LogP contribution is 2.22. The minimum atomic E-state index is -0.334. The normalized spacial score (nSPS) is 20.9. The van der Waals surface area contributed by atoms with Crippen molar-refractivity contribution in [1.82, 2.24) is 4.90 Å². The van der Waals surface area contributed by atoms with Crippen LogP contribution in [0, 0.1) is 18.7 Å². The van der Waals surface area contributed by atoms with Gasteiger partial charge in [0, 0.05) is 24.7 Å². The number of hydrogen-bond donors (Lipinski definition) is 1. The molecule has 24 heavy (non-hydrogen) atoms. The van der Waals surface area contributed by atoms with E-state index >= 15 is 0 Å². The summed E-state index contributed by atoms with van der Waals surface area (Å²) < 4.78 is 13.0. The fourth-order valence-corrected chi connectivity index (χ4v) is 3.39. The fraction of sp³-hybridized carbons (Fsp3) is 0.350. The van der Waals surface area contributed by atoms with E-state index in [2.05, 4.69) is 31.2 Å². The van der Waals surface area contributed by atoms with Crippen LogP contribution < -0.4 is 5.73 Å². The molecule has 1 aliphatic heterocycles. The van der Waals surface area contributed by atoms with E-state index in [1.165, 1.54) is 35.4 Å². The zero-order chi connectivity index (χ0) is 17.1. The van der Waals surface area contributed by atoms with E-state index in [0.717, 1.165) is 12.8 Å². The van der Waals surface area contributed by atoms with Gasteiger partial charge in [-0.3, -0.25) is 4.79 Å². The van der Waals surface area contributed by atoms with Gasteiger partial charge in [0.1, 0.15) is 5.82 Å². The third kappa shape index (κ3) is 4.01. The van der Waals surface area contributed by atoms with Crippen molar-refractivity contribution < 1.29 is 9.18 Å². The molecule has 2 atom stereocenters. The van der Waals surface area contributed by atoms with Gasteiger partial charge in [0.15, 0.2) is 0 Å². The highest BCUT2D eigenvalue weighted by atomic mass is 19.1. The molecule has 3 nitrogen and oxygen atoms in total. The van der Waals surface area contributed by atoms with Crippen molar-refractivity contribution >= 4 is 5.91 Å². The first-order valence-corrected chi connectivity index (χ1v) is 8.37. The lowest BCUT2D eigenvalue weighted by molar-refractivity contribution is 0.0649. The lowest BCUT2D eigenvalue weighted by atomic mass is 9.88. The van der Waals surface area contributed by atoms with Crippen LogP contribution in [0.3, 0.4) is 0 Å². The number of nitrogens with two attached hydrogens (primary N) is 1. The smallest absolute Gasteiger partial charge is 0.253 e. The molecule has 126 valence electrons. The number of halogens is 1. The summed E-state index contributed by atoms with van der Waals surface area (Å²) in [7, 11) is 0. The Labute approximate surface area is 142 Å². The molecule has 0 spiro atoms. The largest absolute Gasteiger partial charge is 0.337 e. The van der Waals surface area contributed by atoms with E-state index in [1.54, 1.807) is 4.90 Å². The van der Waals surface area contributed by atoms with Gasteiger partial charge in [0.2, 0.25) is 0 Å². The molecule has 2 aromatic rings. The predicted molar refractivity (Wildman–Crippen MR) is 93.3 cm³/mol. The Morgan fingerprint density at radius 1 is 1.12 bits per heavy atom. The Hall–Kier alpha value is -2.20. The SMILES string of the molecule is Cc1ccc(CC2CC(N)CN(C(=O)c3ccc(F)cc3)C2)cc1. The molecule has 0 bridgehead atoms. The van der Waals surface area contributed by atoms with Crippen molar-refractivity contribution in [3.63, 3.8) is 0 Å². The van der Waals surface area contributed by atoms with Crippen LogP contribution in [0.15, 0.2) is 48.5 Å². The van der Waals surface area contributed by atoms with Crippen molar-refractivity contribution in [3.05, 3.63) is 71.0 Å². The highest BCUT2D eigenvalue weighted by Gasteiger charge is 2.28. The minimum Gasteiger partial charge on any atom is -0.337 e. The highest BCUT2D eigenvalue weighted by molar-refractivity contribution is 5.94. The molecule has 0 radical (unpaired) electrons. The predicted octanol–water partition coefficient (Wildman–Crippen LogP) is 3.17. The van der Waals surface area contributed by atoms with E-state index in [4.69, 9.17) is 5.73 Å². The summed E-state index contributed by atoms with van der Waals surface area (Å²) in [4.78, 5) is 14.5. The molecule has 3 rings (SSSR count). The fourth-order valence-electron chi connectivity index (χ4n) is 3.39. The molecule has 2 aromatic carbocycles. The van der Waals surface area contributed by atoms with Crippen molar-refractivity contribution in [2.45, 2.75) is 25.8 Å². The number of aryl methyl sites for hydroxylation is 1. The summed E-state index contributed by atoms with van der Waals surface area (Å²) in [5.74, 6) is -0.0564. The number of hydrogen-bond acceptors (Lipinski definition) is 2. The number of benzene rings is 2. The molecule has 2 N–H and O–H groups in total. The van der Waals surface area contributed by atoms with Crippen molar-refractivity contribution in [2.75, 3.05) is 13.1 Å². The Morgan fingerprint density at radius 3 is 2.46 bits per heavy atom. The maximum absolute atomic E-state index is 13.0. The molecule has 0 aliphatic carbocycles. The average molecular weight is 326 g/mol. The second-order valence-corrected chi connectivity index (χ2v) is 6.77. The van der Waals surface area contributed by atoms with Crippen molar-refractivity contribution in [2.24, 2.45) is 11.7 Å². The van der Waals surface area contributed by atoms with Crippen molar-refractivity contribution in [1.29, 1.82) is 0 Å². The number of carbonyl (C=O) groups excluding carboxylic acids is 1. The van der Waals surface area contributed by atoms with Gasteiger partial charge in [0.05, 0.1) is 0 Å². The van der Waals surface area contributed by atoms with Gasteiger partial charge in [0.25, 0.3) is 5.91 Å². The van der Waals surface area contributed by atoms with Gasteiger partial charge in [-0.25, -0.2) is 4.39 Å². The van der Waals surface area contributed by atoms with E-state index in [0.29, 0.717) is 24.6 Å². The van der Waals surface area contributed by atoms with Gasteiger partial charge in [-0.2, -0.15) is 0 Å². The van der Waals surface area contributed by atoms with Crippen LogP contribution >= 0.6 is 0 Å². The summed E-state index contributed by atoms with van der Waals surface area (Å²) in [6.45, 7) is 3.32. The van der Waals surface area contributed by atoms with Crippen LogP contribution in [-0.4, -0.2) is 29.9 Å². The van der Waals surface area contributed by atoms with Gasteiger partial charge in [-0.1, -0.05) is 29.8 Å². The molecule has 1 aliphatic rings. The maximum atomic E-state index is 13.0. The molecule has 1 fully saturated rings. The quantitative estimate of drug-likeness (QED) is 0.942. The number of nitrogens with zero attached hydrogens (tertiary/aromatic N) is 1. The Bertz CT molecular complexity index is 697. The number of likely N-dealkylation sites (tertiary alicyclic amines) is 1. The third-order valence-corrected chi connectivity index (χ3v) is 4.59. The maximum Gasteiger partial charge on any atom is 0.253 e. The first kappa shape index (κ1) is 16.7. The van der Waals surface area contributed by atoms with Crippen LogP contribution in [0.2, 0.25) is 0 Å². The molecule has 0 saturated carbocycles. The monoisotopic (exact) mass is 326 g/mol. The first-order valence-electron chi connectivity index (χ1n) is 8.37. The van der Waals surface area contributed by atoms with Crippen LogP contribution in [-0.2, 0) is 6.42 Å². The van der Waals surface area contributed by atoms with E-state index in [1.807, 2.05) is 0 Å². The number of amides is 1. The molecular formula is C20H23FN2O. The molecule has 1 heterocycles. The summed E-state index contributed by atoms with van der Waals surface area (Å²) in [6.07, 6.45) is 1.84. The Balaban J connectivity index is 1.69. The first-order chi connectivity index (χ1) is 11.5. The van der Waals surface area contributed by atoms with E-state index in [-0.39, 0.29) is 17.8 Å². The lowest BCUT2D eigenvalue weighted by Gasteiger charge is -2.36. The topological polar surface area (TPSA) is 46.3 Å². The zero-order valence-corrected chi connectivity index (χ0v) is 13.9. The van der Waals surface area contributed by atoms with Gasteiger partial charge in [-0.05, 0) is 55.5 Å². The number of piperidine rings is 1. The summed E-state index contributed by atoms with van der Waals surface area (Å²) in [5.41, 5.74) is 9.21. The van der Waals surface area contributed by atoms with E-state index in [9.17, 15) is 9.18 Å². The molecule has 1 saturated heterocycles. The van der Waals surface area contributed by atoms with Crippen LogP contribution in [0.4, 0.5) is 4.39 Å². The third-order valence-electron chi connectivity index (χ3n) is 4.59. The van der Waals surface area contributed by atoms with E-state index < -0.39 is 0 Å². The molecular weight excluding hydrogens is 303 g/mol. The second-order valence-electron chi connectivity index (χ2n) is 6.77. The minimum absolute atomic E-state index is 0.0152. The summed E-state index contributed by atoms with van der Waals surface area (Å²) >= 11 is 0. The molecule has 0 aromatic heterocycles. The van der Waals surface area contributed by atoms with Crippen LogP contribution in [0.5, 0.6) is 0 Å². The molecule has 4 heteroatoms. The van der Waals surface area contributed by atoms with Gasteiger partial charge >= 0.3 is 0 Å². The standard InChI is InChI=1S/C20H23FN2O/c1-14-2-4-15(5-3-14)10-16-11-19(22)13-23(12-16)20(24)17-6-8-18(21)9-7-17/h2-9,16,19H,10-13,22H2,1H3. The summed E-state index contributed by atoms with van der Waals surface area (Å²) in [6, 6.07) is 14.2. The molecule has 1 amide bonds. The van der Waals surface area contributed by atoms with Gasteiger partial charge < -0.3 is 10.6 Å². The number of carbonyl (C=O) groups is 1. The second kappa shape index (κ2) is 7.14. The van der Waals surface area contributed by atoms with Gasteiger partial charge in [-0.15, -0.1) is 0 Å². The average Bonchev–Trinajstić information content (AvgIpc) is 2.56. The zero-order valence-electron chi connectivity index (χ0n) is 13.9. The van der Waals surface area contributed by atoms with Crippen molar-refractivity contribution in [3.8, 4) is 0 Å². The summed E-state index contributed by atoms with van der Waals surface area (Å²) in [5, 5.41) is 0. The Kier molecular flexibility index (Phi) is 4.95. The lowest BCUT2D eigenvalue weighted by Crippen LogP contribution is -2.49. The van der Waals surface area contributed by atoms with Crippen LogP contribution in [0.1, 0.15) is 27.9 Å². The molecule has 2 unspecified atom stereocenters.